The Kier molecular flexibility index (Phi) is 2.45. The predicted octanol–water partition coefficient (Wildman–Crippen LogP) is 3.28. The highest BCUT2D eigenvalue weighted by Crippen LogP contribution is 2.38. The molecule has 0 saturated carbocycles. The molecule has 86 valence electrons. The molecular formula is C11H8N2O2S2. The van der Waals surface area contributed by atoms with Crippen molar-refractivity contribution in [1.82, 2.24) is 10.2 Å². The number of thiophene rings is 2. The molecule has 0 radical (unpaired) electrons. The van der Waals surface area contributed by atoms with Gasteiger partial charge in [0.2, 0.25) is 0 Å². The van der Waals surface area contributed by atoms with Gasteiger partial charge in [0.15, 0.2) is 5.06 Å². The molecule has 0 bridgehead atoms. The number of fused-ring (bicyclic) bond motifs is 1. The van der Waals surface area contributed by atoms with Crippen molar-refractivity contribution >= 4 is 38.9 Å². The summed E-state index contributed by atoms with van der Waals surface area (Å²) in [7, 11) is 0. The molecule has 0 spiro atoms. The molecule has 6 heteroatoms. The van der Waals surface area contributed by atoms with Gasteiger partial charge in [-0.2, -0.15) is 5.10 Å². The summed E-state index contributed by atoms with van der Waals surface area (Å²) in [4.78, 5) is 12.0. The van der Waals surface area contributed by atoms with Gasteiger partial charge in [-0.15, -0.1) is 11.3 Å². The highest BCUT2D eigenvalue weighted by atomic mass is 32.1. The van der Waals surface area contributed by atoms with Gasteiger partial charge in [0.1, 0.15) is 5.69 Å². The Balaban J connectivity index is 2.09. The van der Waals surface area contributed by atoms with Gasteiger partial charge in [0, 0.05) is 13.0 Å². The van der Waals surface area contributed by atoms with Crippen LogP contribution in [0.4, 0.5) is 0 Å². The fourth-order valence-corrected chi connectivity index (χ4v) is 3.36. The average molecular weight is 264 g/mol. The van der Waals surface area contributed by atoms with E-state index in [1.807, 2.05) is 17.5 Å². The lowest BCUT2D eigenvalue weighted by Gasteiger charge is -1.93. The van der Waals surface area contributed by atoms with Crippen LogP contribution < -0.4 is 4.74 Å². The van der Waals surface area contributed by atoms with E-state index in [4.69, 9.17) is 4.74 Å². The van der Waals surface area contributed by atoms with E-state index in [9.17, 15) is 4.79 Å². The largest absolute Gasteiger partial charge is 0.415 e. The van der Waals surface area contributed by atoms with Crippen molar-refractivity contribution in [2.45, 2.75) is 6.92 Å². The number of nitrogens with zero attached hydrogens (tertiary/aromatic N) is 1. The summed E-state index contributed by atoms with van der Waals surface area (Å²) < 4.78 is 6.08. The zero-order valence-electron chi connectivity index (χ0n) is 8.89. The third-order valence-electron chi connectivity index (χ3n) is 2.21. The predicted molar refractivity (Wildman–Crippen MR) is 68.6 cm³/mol. The Labute approximate surface area is 105 Å². The van der Waals surface area contributed by atoms with Crippen LogP contribution in [-0.4, -0.2) is 16.2 Å². The minimum Gasteiger partial charge on any atom is -0.415 e. The first-order valence-corrected chi connectivity index (χ1v) is 6.64. The second kappa shape index (κ2) is 3.97. The molecular weight excluding hydrogens is 256 g/mol. The number of nitrogens with one attached hydrogen (secondary N) is 1. The molecule has 3 rings (SSSR count). The molecule has 0 atom stereocenters. The fraction of sp³-hybridized carbons (Fsp3) is 0.0909. The number of rotatable bonds is 2. The second-order valence-electron chi connectivity index (χ2n) is 3.45. The van der Waals surface area contributed by atoms with Crippen molar-refractivity contribution in [2.75, 3.05) is 0 Å². The normalized spacial score (nSPS) is 10.9. The Morgan fingerprint density at radius 1 is 1.53 bits per heavy atom. The van der Waals surface area contributed by atoms with Crippen LogP contribution in [-0.2, 0) is 4.79 Å². The molecule has 0 saturated heterocycles. The van der Waals surface area contributed by atoms with E-state index < -0.39 is 0 Å². The Bertz CT molecular complexity index is 667. The van der Waals surface area contributed by atoms with Crippen molar-refractivity contribution in [3.63, 3.8) is 0 Å². The van der Waals surface area contributed by atoms with Gasteiger partial charge >= 0.3 is 5.97 Å². The van der Waals surface area contributed by atoms with Gasteiger partial charge in [0.05, 0.1) is 15.1 Å². The summed E-state index contributed by atoms with van der Waals surface area (Å²) in [6, 6.07) is 5.80. The number of H-pyrrole nitrogens is 1. The van der Waals surface area contributed by atoms with E-state index in [1.165, 1.54) is 18.3 Å². The first-order chi connectivity index (χ1) is 8.24. The van der Waals surface area contributed by atoms with Crippen LogP contribution in [0.25, 0.3) is 20.8 Å². The zero-order chi connectivity index (χ0) is 11.8. The summed E-state index contributed by atoms with van der Waals surface area (Å²) in [6.45, 7) is 1.40. The molecule has 0 aliphatic rings. The maximum absolute atomic E-state index is 10.9. The minimum atomic E-state index is -0.306. The molecule has 3 heterocycles. The lowest BCUT2D eigenvalue weighted by atomic mass is 10.3. The van der Waals surface area contributed by atoms with Crippen LogP contribution >= 0.6 is 22.7 Å². The van der Waals surface area contributed by atoms with Crippen LogP contribution in [0.15, 0.2) is 23.6 Å². The first kappa shape index (κ1) is 10.5. The fourth-order valence-electron chi connectivity index (χ4n) is 1.57. The number of hydrogen-bond donors (Lipinski definition) is 1. The first-order valence-electron chi connectivity index (χ1n) is 4.94. The molecule has 3 aromatic rings. The third kappa shape index (κ3) is 1.85. The average Bonchev–Trinajstić information content (AvgIpc) is 2.89. The second-order valence-corrected chi connectivity index (χ2v) is 5.41. The van der Waals surface area contributed by atoms with E-state index >= 15 is 0 Å². The van der Waals surface area contributed by atoms with Crippen molar-refractivity contribution < 1.29 is 9.53 Å². The molecule has 17 heavy (non-hydrogen) atoms. The smallest absolute Gasteiger partial charge is 0.308 e. The highest BCUT2D eigenvalue weighted by molar-refractivity contribution is 7.22. The quantitative estimate of drug-likeness (QED) is 0.723. The van der Waals surface area contributed by atoms with Gasteiger partial charge in [-0.05, 0) is 11.4 Å². The number of carbonyl (C=O) groups is 1. The summed E-state index contributed by atoms with van der Waals surface area (Å²) in [5, 5.41) is 9.83. The topological polar surface area (TPSA) is 55.0 Å². The Morgan fingerprint density at radius 3 is 3.12 bits per heavy atom. The van der Waals surface area contributed by atoms with Crippen LogP contribution in [0, 0.1) is 0 Å². The minimum absolute atomic E-state index is 0.306. The molecule has 0 unspecified atom stereocenters. The number of carbonyl (C=O) groups excluding carboxylic acids is 1. The van der Waals surface area contributed by atoms with Crippen LogP contribution in [0.3, 0.4) is 0 Å². The molecule has 0 aromatic carbocycles. The SMILES string of the molecule is CC(=O)Oc1cc2[nH]nc(-c3cccs3)c2s1. The van der Waals surface area contributed by atoms with Gasteiger partial charge in [-0.3, -0.25) is 9.89 Å². The lowest BCUT2D eigenvalue weighted by Crippen LogP contribution is -1.99. The van der Waals surface area contributed by atoms with E-state index in [0.29, 0.717) is 5.06 Å². The summed E-state index contributed by atoms with van der Waals surface area (Å²) in [5.41, 5.74) is 1.81. The number of esters is 1. The molecule has 4 nitrogen and oxygen atoms in total. The molecule has 0 fully saturated rings. The van der Waals surface area contributed by atoms with E-state index in [2.05, 4.69) is 10.2 Å². The van der Waals surface area contributed by atoms with Crippen LogP contribution in [0.2, 0.25) is 0 Å². The van der Waals surface area contributed by atoms with E-state index in [1.54, 1.807) is 17.4 Å². The number of hydrogen-bond acceptors (Lipinski definition) is 5. The van der Waals surface area contributed by atoms with E-state index in [0.717, 1.165) is 20.8 Å². The monoisotopic (exact) mass is 264 g/mol. The number of ether oxygens (including phenoxy) is 1. The van der Waals surface area contributed by atoms with Crippen molar-refractivity contribution in [3.8, 4) is 15.6 Å². The van der Waals surface area contributed by atoms with Crippen LogP contribution in [0.1, 0.15) is 6.92 Å². The molecule has 0 amide bonds. The molecule has 1 N–H and O–H groups in total. The molecule has 0 aliphatic heterocycles. The zero-order valence-corrected chi connectivity index (χ0v) is 10.5. The standard InChI is InChI=1S/C11H8N2O2S2/c1-6(14)15-9-5-7-11(17-9)10(13-12-7)8-3-2-4-16-8/h2-5H,1H3,(H,12,13). The summed E-state index contributed by atoms with van der Waals surface area (Å²) in [5.74, 6) is -0.306. The molecule has 3 aromatic heterocycles. The molecule has 0 aliphatic carbocycles. The highest BCUT2D eigenvalue weighted by Gasteiger charge is 2.14. The number of aromatic amines is 1. The van der Waals surface area contributed by atoms with Gasteiger partial charge in [0.25, 0.3) is 0 Å². The summed E-state index contributed by atoms with van der Waals surface area (Å²) in [6.07, 6.45) is 0. The van der Waals surface area contributed by atoms with Gasteiger partial charge < -0.3 is 4.74 Å². The maximum atomic E-state index is 10.9. The third-order valence-corrected chi connectivity index (χ3v) is 4.11. The van der Waals surface area contributed by atoms with Crippen molar-refractivity contribution in [1.29, 1.82) is 0 Å². The van der Waals surface area contributed by atoms with Gasteiger partial charge in [-0.1, -0.05) is 17.4 Å². The Morgan fingerprint density at radius 2 is 2.41 bits per heavy atom. The van der Waals surface area contributed by atoms with Gasteiger partial charge in [-0.25, -0.2) is 0 Å². The van der Waals surface area contributed by atoms with E-state index in [-0.39, 0.29) is 5.97 Å². The number of aromatic nitrogens is 2. The maximum Gasteiger partial charge on any atom is 0.308 e. The lowest BCUT2D eigenvalue weighted by molar-refractivity contribution is -0.131. The van der Waals surface area contributed by atoms with Crippen LogP contribution in [0.5, 0.6) is 5.06 Å². The van der Waals surface area contributed by atoms with Crippen molar-refractivity contribution in [2.24, 2.45) is 0 Å². The van der Waals surface area contributed by atoms with Crippen molar-refractivity contribution in [3.05, 3.63) is 23.6 Å². The Hall–Kier alpha value is -1.66. The summed E-state index contributed by atoms with van der Waals surface area (Å²) >= 11 is 3.06.